The third-order valence-corrected chi connectivity index (χ3v) is 5.11. The van der Waals surface area contributed by atoms with Gasteiger partial charge >= 0.3 is 0 Å². The lowest BCUT2D eigenvalue weighted by atomic mass is 10.1. The molecule has 2 aromatic rings. The molecule has 0 radical (unpaired) electrons. The van der Waals surface area contributed by atoms with Gasteiger partial charge in [0.25, 0.3) is 0 Å². The maximum atomic E-state index is 14.2. The van der Waals surface area contributed by atoms with Crippen LogP contribution in [0.25, 0.3) is 0 Å². The average Bonchev–Trinajstić information content (AvgIpc) is 2.68. The van der Waals surface area contributed by atoms with Crippen molar-refractivity contribution in [2.24, 2.45) is 0 Å². The lowest BCUT2D eigenvalue weighted by Gasteiger charge is -2.37. The van der Waals surface area contributed by atoms with Crippen LogP contribution >= 0.6 is 23.2 Å². The molecule has 1 atom stereocenters. The molecule has 0 saturated carbocycles. The second-order valence-corrected chi connectivity index (χ2v) is 7.45. The molecule has 1 unspecified atom stereocenters. The molecule has 0 bridgehead atoms. The number of hydrogen-bond acceptors (Lipinski definition) is 5. The molecule has 0 amide bonds. The van der Waals surface area contributed by atoms with Crippen LogP contribution in [0.15, 0.2) is 36.4 Å². The third kappa shape index (κ3) is 5.27. The van der Waals surface area contributed by atoms with Gasteiger partial charge in [-0.2, -0.15) is 5.26 Å². The van der Waals surface area contributed by atoms with Crippen LogP contribution in [-0.2, 0) is 0 Å². The van der Waals surface area contributed by atoms with Crippen molar-refractivity contribution in [1.82, 2.24) is 4.90 Å². The molecule has 1 saturated heterocycles. The second kappa shape index (κ2) is 9.44. The highest BCUT2D eigenvalue weighted by Gasteiger charge is 2.21. The van der Waals surface area contributed by atoms with Crippen LogP contribution in [-0.4, -0.2) is 55.4 Å². The van der Waals surface area contributed by atoms with E-state index in [-0.39, 0.29) is 12.4 Å². The van der Waals surface area contributed by atoms with Crippen LogP contribution in [0.3, 0.4) is 0 Å². The standard InChI is InChI=1S/C20H20Cl2FN3O2/c21-15-2-4-20(17(22)10-15)28-13-16(27)12-25-5-7-26(8-6-25)19-3-1-14(11-24)9-18(19)23/h1-4,9-10,16,27H,5-8,12-13H2. The summed E-state index contributed by atoms with van der Waals surface area (Å²) in [7, 11) is 0. The first-order valence-electron chi connectivity index (χ1n) is 8.89. The average molecular weight is 424 g/mol. The number of halogens is 3. The first-order valence-corrected chi connectivity index (χ1v) is 9.64. The van der Waals surface area contributed by atoms with Gasteiger partial charge in [0.2, 0.25) is 0 Å². The lowest BCUT2D eigenvalue weighted by molar-refractivity contribution is 0.0663. The number of nitrogens with zero attached hydrogens (tertiary/aromatic N) is 3. The fourth-order valence-electron chi connectivity index (χ4n) is 3.13. The highest BCUT2D eigenvalue weighted by atomic mass is 35.5. The van der Waals surface area contributed by atoms with Gasteiger partial charge in [-0.1, -0.05) is 23.2 Å². The van der Waals surface area contributed by atoms with E-state index in [1.165, 1.54) is 6.07 Å². The summed E-state index contributed by atoms with van der Waals surface area (Å²) in [5.41, 5.74) is 0.809. The van der Waals surface area contributed by atoms with Crippen LogP contribution in [0.5, 0.6) is 5.75 Å². The number of anilines is 1. The van der Waals surface area contributed by atoms with Crippen molar-refractivity contribution in [2.45, 2.75) is 6.10 Å². The molecule has 1 aliphatic heterocycles. The zero-order valence-corrected chi connectivity index (χ0v) is 16.6. The Bertz CT molecular complexity index is 867. The number of hydrogen-bond donors (Lipinski definition) is 1. The molecular weight excluding hydrogens is 404 g/mol. The van der Waals surface area contributed by atoms with Crippen LogP contribution in [0.2, 0.25) is 10.0 Å². The van der Waals surface area contributed by atoms with Crippen LogP contribution in [0.4, 0.5) is 10.1 Å². The van der Waals surface area contributed by atoms with Gasteiger partial charge in [-0.25, -0.2) is 4.39 Å². The van der Waals surface area contributed by atoms with Crippen molar-refractivity contribution < 1.29 is 14.2 Å². The van der Waals surface area contributed by atoms with Gasteiger partial charge < -0.3 is 14.7 Å². The Labute approximate surface area is 173 Å². The van der Waals surface area contributed by atoms with Crippen molar-refractivity contribution in [1.29, 1.82) is 5.26 Å². The summed E-state index contributed by atoms with van der Waals surface area (Å²) in [6, 6.07) is 11.4. The third-order valence-electron chi connectivity index (χ3n) is 4.58. The summed E-state index contributed by atoms with van der Waals surface area (Å²) in [6.45, 7) is 3.23. The normalized spacial score (nSPS) is 15.9. The number of aliphatic hydroxyl groups excluding tert-OH is 1. The van der Waals surface area contributed by atoms with E-state index in [1.54, 1.807) is 30.3 Å². The molecule has 148 valence electrons. The SMILES string of the molecule is N#Cc1ccc(N2CCN(CC(O)COc3ccc(Cl)cc3Cl)CC2)c(F)c1. The number of nitriles is 1. The molecule has 2 aromatic carbocycles. The van der Waals surface area contributed by atoms with E-state index in [1.807, 2.05) is 11.0 Å². The fourth-order valence-corrected chi connectivity index (χ4v) is 3.60. The number of ether oxygens (including phenoxy) is 1. The first kappa shape index (κ1) is 20.7. The Morgan fingerprint density at radius 3 is 2.54 bits per heavy atom. The summed E-state index contributed by atoms with van der Waals surface area (Å²) in [5, 5.41) is 20.0. The molecule has 1 N–H and O–H groups in total. The van der Waals surface area contributed by atoms with E-state index >= 15 is 0 Å². The summed E-state index contributed by atoms with van der Waals surface area (Å²) < 4.78 is 19.7. The molecule has 1 aliphatic rings. The highest BCUT2D eigenvalue weighted by Crippen LogP contribution is 2.27. The van der Waals surface area contributed by atoms with Crippen molar-refractivity contribution >= 4 is 28.9 Å². The van der Waals surface area contributed by atoms with Crippen LogP contribution < -0.4 is 9.64 Å². The Hall–Kier alpha value is -2.04. The molecule has 1 fully saturated rings. The minimum absolute atomic E-state index is 0.117. The zero-order chi connectivity index (χ0) is 20.1. The van der Waals surface area contributed by atoms with E-state index in [0.29, 0.717) is 59.8 Å². The Balaban J connectivity index is 1.47. The van der Waals surface area contributed by atoms with Gasteiger partial charge in [-0.3, -0.25) is 4.90 Å². The van der Waals surface area contributed by atoms with E-state index < -0.39 is 6.10 Å². The van der Waals surface area contributed by atoms with Crippen LogP contribution in [0.1, 0.15) is 5.56 Å². The van der Waals surface area contributed by atoms with Gasteiger partial charge in [-0.15, -0.1) is 0 Å². The number of β-amino-alcohol motifs (C(OH)–C–C–N with tert-alkyl or cyclic N) is 1. The predicted octanol–water partition coefficient (Wildman–Crippen LogP) is 3.57. The number of aliphatic hydroxyl groups is 1. The summed E-state index contributed by atoms with van der Waals surface area (Å²) in [4.78, 5) is 4.05. The Morgan fingerprint density at radius 2 is 1.89 bits per heavy atom. The molecule has 0 aromatic heterocycles. The topological polar surface area (TPSA) is 59.7 Å². The van der Waals surface area contributed by atoms with Crippen LogP contribution in [0, 0.1) is 17.1 Å². The minimum atomic E-state index is -0.676. The number of piperazine rings is 1. The molecular formula is C20H20Cl2FN3O2. The number of benzene rings is 2. The van der Waals surface area contributed by atoms with Crippen molar-refractivity contribution in [3.63, 3.8) is 0 Å². The molecule has 5 nitrogen and oxygen atoms in total. The molecule has 0 spiro atoms. The van der Waals surface area contributed by atoms with E-state index in [0.717, 1.165) is 0 Å². The summed E-state index contributed by atoms with van der Waals surface area (Å²) in [5.74, 6) is 0.0898. The Kier molecular flexibility index (Phi) is 6.97. The highest BCUT2D eigenvalue weighted by molar-refractivity contribution is 6.35. The lowest BCUT2D eigenvalue weighted by Crippen LogP contribution is -2.49. The second-order valence-electron chi connectivity index (χ2n) is 6.61. The maximum Gasteiger partial charge on any atom is 0.147 e. The fraction of sp³-hybridized carbons (Fsp3) is 0.350. The predicted molar refractivity (Wildman–Crippen MR) is 108 cm³/mol. The molecule has 8 heteroatoms. The van der Waals surface area contributed by atoms with E-state index in [9.17, 15) is 9.50 Å². The van der Waals surface area contributed by atoms with E-state index in [4.69, 9.17) is 33.2 Å². The summed E-state index contributed by atoms with van der Waals surface area (Å²) in [6.07, 6.45) is -0.676. The first-order chi connectivity index (χ1) is 13.5. The molecule has 3 rings (SSSR count). The zero-order valence-electron chi connectivity index (χ0n) is 15.1. The van der Waals surface area contributed by atoms with Gasteiger partial charge in [0, 0.05) is 37.7 Å². The van der Waals surface area contributed by atoms with Gasteiger partial charge in [0.15, 0.2) is 0 Å². The number of rotatable bonds is 6. The largest absolute Gasteiger partial charge is 0.489 e. The quantitative estimate of drug-likeness (QED) is 0.769. The molecule has 28 heavy (non-hydrogen) atoms. The van der Waals surface area contributed by atoms with Crippen molar-refractivity contribution in [2.75, 3.05) is 44.2 Å². The molecule has 0 aliphatic carbocycles. The molecule has 1 heterocycles. The van der Waals surface area contributed by atoms with Gasteiger partial charge in [0.1, 0.15) is 24.3 Å². The summed E-state index contributed by atoms with van der Waals surface area (Å²) >= 11 is 11.9. The monoisotopic (exact) mass is 423 g/mol. The minimum Gasteiger partial charge on any atom is -0.489 e. The van der Waals surface area contributed by atoms with Gasteiger partial charge in [0.05, 0.1) is 22.3 Å². The van der Waals surface area contributed by atoms with Crippen molar-refractivity contribution in [3.05, 3.63) is 57.8 Å². The van der Waals surface area contributed by atoms with E-state index in [2.05, 4.69) is 4.90 Å². The maximum absolute atomic E-state index is 14.2. The Morgan fingerprint density at radius 1 is 1.14 bits per heavy atom. The smallest absolute Gasteiger partial charge is 0.147 e. The van der Waals surface area contributed by atoms with Crippen molar-refractivity contribution in [3.8, 4) is 11.8 Å². The van der Waals surface area contributed by atoms with Gasteiger partial charge in [-0.05, 0) is 36.4 Å².